The second-order valence-electron chi connectivity index (χ2n) is 6.38. The minimum Gasteiger partial charge on any atom is -0.497 e. The lowest BCUT2D eigenvalue weighted by Gasteiger charge is -2.09. The Kier molecular flexibility index (Phi) is 6.24. The molecule has 0 saturated heterocycles. The van der Waals surface area contributed by atoms with Gasteiger partial charge in [-0.15, -0.1) is 0 Å². The Morgan fingerprint density at radius 3 is 2.65 bits per heavy atom. The molecule has 0 amide bonds. The summed E-state index contributed by atoms with van der Waals surface area (Å²) < 4.78 is 6.29. The third-order valence-corrected chi connectivity index (χ3v) is 5.60. The van der Waals surface area contributed by atoms with Crippen molar-refractivity contribution in [2.45, 2.75) is 0 Å². The quantitative estimate of drug-likeness (QED) is 0.300. The standard InChI is InChI=1S/C22H17BrN6OS/c1-30-16-8-9-18-17(11-16)21(28-20(27-18)14-3-2-10-26-12-14)29-22(25)31-19(24)13-4-6-15(23)7-5-13/h2-12,24H,1H3,(H2,25,27,28,29). The van der Waals surface area contributed by atoms with E-state index in [-0.39, 0.29) is 10.2 Å². The lowest BCUT2D eigenvalue weighted by atomic mass is 10.2. The maximum atomic E-state index is 8.33. The van der Waals surface area contributed by atoms with Crippen LogP contribution in [0.2, 0.25) is 0 Å². The predicted molar refractivity (Wildman–Crippen MR) is 129 cm³/mol. The fraction of sp³-hybridized carbons (Fsp3) is 0.0455. The first-order chi connectivity index (χ1) is 15.0. The average Bonchev–Trinajstić information content (AvgIpc) is 2.79. The van der Waals surface area contributed by atoms with Gasteiger partial charge < -0.3 is 10.5 Å². The van der Waals surface area contributed by atoms with Gasteiger partial charge in [0.05, 0.1) is 12.6 Å². The fourth-order valence-corrected chi connectivity index (χ4v) is 3.68. The first kappa shape index (κ1) is 21.0. The van der Waals surface area contributed by atoms with Crippen LogP contribution in [0.25, 0.3) is 22.3 Å². The van der Waals surface area contributed by atoms with Crippen LogP contribution in [0.3, 0.4) is 0 Å². The highest BCUT2D eigenvalue weighted by Gasteiger charge is 2.12. The molecule has 0 unspecified atom stereocenters. The number of halogens is 1. The summed E-state index contributed by atoms with van der Waals surface area (Å²) in [4.78, 5) is 17.9. The van der Waals surface area contributed by atoms with Gasteiger partial charge in [-0.3, -0.25) is 10.4 Å². The van der Waals surface area contributed by atoms with Gasteiger partial charge in [0.2, 0.25) is 0 Å². The molecule has 0 aliphatic heterocycles. The summed E-state index contributed by atoms with van der Waals surface area (Å²) in [5.74, 6) is 1.55. The SMILES string of the molecule is COc1ccc2nc(-c3cccnc3)nc(N=C(N)SC(=N)c3ccc(Br)cc3)c2c1. The number of rotatable bonds is 4. The van der Waals surface area contributed by atoms with Crippen molar-refractivity contribution in [3.05, 3.63) is 77.0 Å². The maximum Gasteiger partial charge on any atom is 0.167 e. The number of methoxy groups -OCH3 is 1. The van der Waals surface area contributed by atoms with E-state index < -0.39 is 0 Å². The van der Waals surface area contributed by atoms with Crippen molar-refractivity contribution >= 4 is 54.6 Å². The zero-order valence-corrected chi connectivity index (χ0v) is 18.8. The van der Waals surface area contributed by atoms with Crippen molar-refractivity contribution < 1.29 is 4.74 Å². The Hall–Kier alpha value is -3.30. The molecule has 31 heavy (non-hydrogen) atoms. The number of aromatic nitrogens is 3. The van der Waals surface area contributed by atoms with E-state index >= 15 is 0 Å². The molecule has 0 atom stereocenters. The first-order valence-electron chi connectivity index (χ1n) is 9.16. The topological polar surface area (TPSA) is 110 Å². The molecule has 4 rings (SSSR count). The van der Waals surface area contributed by atoms with Crippen molar-refractivity contribution in [2.24, 2.45) is 10.7 Å². The molecule has 2 heterocycles. The number of hydrogen-bond acceptors (Lipinski definition) is 7. The van der Waals surface area contributed by atoms with E-state index in [1.165, 1.54) is 0 Å². The number of amidine groups is 1. The number of thioether (sulfide) groups is 1. The number of nitrogens with two attached hydrogens (primary N) is 1. The van der Waals surface area contributed by atoms with Crippen molar-refractivity contribution in [3.8, 4) is 17.1 Å². The van der Waals surface area contributed by atoms with E-state index in [1.807, 2.05) is 54.6 Å². The largest absolute Gasteiger partial charge is 0.497 e. The number of hydrogen-bond donors (Lipinski definition) is 2. The van der Waals surface area contributed by atoms with Crippen LogP contribution in [0.1, 0.15) is 5.56 Å². The van der Waals surface area contributed by atoms with Crippen LogP contribution in [0.15, 0.2) is 76.5 Å². The predicted octanol–water partition coefficient (Wildman–Crippen LogP) is 5.17. The van der Waals surface area contributed by atoms with Gasteiger partial charge in [0.15, 0.2) is 16.8 Å². The van der Waals surface area contributed by atoms with Gasteiger partial charge in [-0.05, 0) is 54.2 Å². The molecule has 0 aliphatic rings. The molecule has 9 heteroatoms. The number of benzene rings is 2. The molecule has 7 nitrogen and oxygen atoms in total. The monoisotopic (exact) mass is 492 g/mol. The van der Waals surface area contributed by atoms with Gasteiger partial charge in [0, 0.05) is 33.4 Å². The van der Waals surface area contributed by atoms with Crippen molar-refractivity contribution in [2.75, 3.05) is 7.11 Å². The Bertz CT molecular complexity index is 1280. The summed E-state index contributed by atoms with van der Waals surface area (Å²) >= 11 is 4.46. The number of fused-ring (bicyclic) bond motifs is 1. The molecule has 0 aliphatic carbocycles. The summed E-state index contributed by atoms with van der Waals surface area (Å²) in [6, 6.07) is 16.6. The summed E-state index contributed by atoms with van der Waals surface area (Å²) in [6.45, 7) is 0. The molecule has 3 N–H and O–H groups in total. The second kappa shape index (κ2) is 9.23. The maximum absolute atomic E-state index is 8.33. The highest BCUT2D eigenvalue weighted by molar-refractivity contribution is 9.10. The molecule has 4 aromatic rings. The van der Waals surface area contributed by atoms with E-state index in [9.17, 15) is 0 Å². The minimum absolute atomic E-state index is 0.202. The third kappa shape index (κ3) is 4.89. The van der Waals surface area contributed by atoms with Crippen LogP contribution in [0, 0.1) is 5.41 Å². The smallest absolute Gasteiger partial charge is 0.167 e. The van der Waals surface area contributed by atoms with E-state index in [0.29, 0.717) is 28.3 Å². The molecule has 0 saturated carbocycles. The van der Waals surface area contributed by atoms with Crippen LogP contribution in [0.5, 0.6) is 5.75 Å². The van der Waals surface area contributed by atoms with Crippen molar-refractivity contribution in [1.29, 1.82) is 5.41 Å². The molecule has 0 radical (unpaired) electrons. The van der Waals surface area contributed by atoms with Gasteiger partial charge >= 0.3 is 0 Å². The lowest BCUT2D eigenvalue weighted by Crippen LogP contribution is -2.10. The number of aliphatic imine (C=N–C) groups is 1. The Labute approximate surface area is 191 Å². The summed E-state index contributed by atoms with van der Waals surface area (Å²) in [5.41, 5.74) is 8.40. The molecular formula is C22H17BrN6OS. The van der Waals surface area contributed by atoms with Gasteiger partial charge in [0.1, 0.15) is 10.8 Å². The van der Waals surface area contributed by atoms with Crippen LogP contribution < -0.4 is 10.5 Å². The zero-order valence-electron chi connectivity index (χ0n) is 16.4. The van der Waals surface area contributed by atoms with Crippen LogP contribution in [-0.2, 0) is 0 Å². The highest BCUT2D eigenvalue weighted by Crippen LogP contribution is 2.30. The van der Waals surface area contributed by atoms with Crippen molar-refractivity contribution in [1.82, 2.24) is 15.0 Å². The Morgan fingerprint density at radius 2 is 1.94 bits per heavy atom. The summed E-state index contributed by atoms with van der Waals surface area (Å²) in [5, 5.41) is 9.52. The Balaban J connectivity index is 1.74. The molecule has 0 fully saturated rings. The van der Waals surface area contributed by atoms with Crippen LogP contribution in [-0.4, -0.2) is 32.3 Å². The third-order valence-electron chi connectivity index (χ3n) is 4.33. The molecule has 0 bridgehead atoms. The molecular weight excluding hydrogens is 476 g/mol. The molecule has 0 spiro atoms. The second-order valence-corrected chi connectivity index (χ2v) is 8.33. The number of ether oxygens (including phenoxy) is 1. The fourth-order valence-electron chi connectivity index (χ4n) is 2.82. The number of pyridine rings is 1. The van der Waals surface area contributed by atoms with E-state index in [2.05, 4.69) is 35.9 Å². The highest BCUT2D eigenvalue weighted by atomic mass is 79.9. The van der Waals surface area contributed by atoms with Gasteiger partial charge in [0.25, 0.3) is 0 Å². The van der Waals surface area contributed by atoms with Gasteiger partial charge in [-0.1, -0.05) is 28.1 Å². The van der Waals surface area contributed by atoms with Crippen LogP contribution >= 0.6 is 27.7 Å². The summed E-state index contributed by atoms with van der Waals surface area (Å²) in [7, 11) is 1.60. The van der Waals surface area contributed by atoms with Crippen molar-refractivity contribution in [3.63, 3.8) is 0 Å². The van der Waals surface area contributed by atoms with E-state index in [0.717, 1.165) is 27.4 Å². The number of nitrogens with one attached hydrogen (secondary N) is 1. The molecule has 2 aromatic carbocycles. The van der Waals surface area contributed by atoms with E-state index in [4.69, 9.17) is 15.9 Å². The minimum atomic E-state index is 0.202. The Morgan fingerprint density at radius 1 is 1.13 bits per heavy atom. The van der Waals surface area contributed by atoms with Crippen LogP contribution in [0.4, 0.5) is 5.82 Å². The lowest BCUT2D eigenvalue weighted by molar-refractivity contribution is 0.415. The van der Waals surface area contributed by atoms with E-state index in [1.54, 1.807) is 19.5 Å². The normalized spacial score (nSPS) is 11.5. The molecule has 154 valence electrons. The first-order valence-corrected chi connectivity index (χ1v) is 10.8. The zero-order chi connectivity index (χ0) is 21.8. The number of nitrogens with zero attached hydrogens (tertiary/aromatic N) is 4. The molecule has 2 aromatic heterocycles. The summed E-state index contributed by atoms with van der Waals surface area (Å²) in [6.07, 6.45) is 3.39. The van der Waals surface area contributed by atoms with Gasteiger partial charge in [-0.2, -0.15) is 0 Å². The average molecular weight is 493 g/mol. The van der Waals surface area contributed by atoms with Gasteiger partial charge in [-0.25, -0.2) is 15.0 Å².